The Balaban J connectivity index is 1.84. The molecule has 0 aliphatic heterocycles. The van der Waals surface area contributed by atoms with Crippen LogP contribution in [-0.4, -0.2) is 35.4 Å². The molecule has 3 aromatic carbocycles. The normalized spacial score (nSPS) is 11.9. The molecule has 192 valence electrons. The molecule has 0 fully saturated rings. The van der Waals surface area contributed by atoms with E-state index in [1.54, 1.807) is 54.6 Å². The smallest absolute Gasteiger partial charge is 0.306 e. The standard InChI is InChI=1S/C29H23NO8/c1-36-17-8-9-20-16(10-17)11-19(29(35)30-20)18(12-25(34)37-2)26-21(31)13-22(32)27-23(33)14-24(38-28(26)27)15-6-4-3-5-7-15/h3-11,13-14,18,31-32H,12H2,1-2H3,(H,30,35)/t18-/m0/s1. The summed E-state index contributed by atoms with van der Waals surface area (Å²) in [5.41, 5.74) is 0.0102. The lowest BCUT2D eigenvalue weighted by Crippen LogP contribution is -2.20. The van der Waals surface area contributed by atoms with Crippen molar-refractivity contribution in [3.8, 4) is 28.6 Å². The maximum Gasteiger partial charge on any atom is 0.306 e. The van der Waals surface area contributed by atoms with E-state index in [4.69, 9.17) is 13.9 Å². The molecular formula is C29H23NO8. The van der Waals surface area contributed by atoms with Crippen LogP contribution in [0.5, 0.6) is 17.2 Å². The van der Waals surface area contributed by atoms with Gasteiger partial charge in [0.25, 0.3) is 5.56 Å². The summed E-state index contributed by atoms with van der Waals surface area (Å²) in [6.45, 7) is 0. The number of aromatic hydroxyl groups is 2. The summed E-state index contributed by atoms with van der Waals surface area (Å²) in [4.78, 5) is 41.7. The number of phenolic OH excluding ortho intramolecular Hbond substituents is 2. The van der Waals surface area contributed by atoms with Crippen LogP contribution in [0, 0.1) is 0 Å². The van der Waals surface area contributed by atoms with Gasteiger partial charge in [0.1, 0.15) is 34.0 Å². The number of hydrogen-bond acceptors (Lipinski definition) is 8. The van der Waals surface area contributed by atoms with Crippen molar-refractivity contribution in [3.63, 3.8) is 0 Å². The molecule has 0 amide bonds. The van der Waals surface area contributed by atoms with Crippen LogP contribution >= 0.6 is 0 Å². The minimum atomic E-state index is -1.10. The zero-order chi connectivity index (χ0) is 27.0. The van der Waals surface area contributed by atoms with E-state index in [9.17, 15) is 24.6 Å². The number of pyridine rings is 1. The third-order valence-corrected chi connectivity index (χ3v) is 6.46. The van der Waals surface area contributed by atoms with Crippen LogP contribution in [0.2, 0.25) is 0 Å². The first kappa shape index (κ1) is 24.6. The van der Waals surface area contributed by atoms with Gasteiger partial charge in [-0.1, -0.05) is 30.3 Å². The van der Waals surface area contributed by atoms with Gasteiger partial charge in [-0.3, -0.25) is 14.4 Å². The SMILES string of the molecule is COC(=O)C[C@@H](c1cc2cc(OC)ccc2[nH]c1=O)c1c(O)cc(O)c2c(=O)cc(-c3ccccc3)oc12. The van der Waals surface area contributed by atoms with Crippen molar-refractivity contribution in [1.29, 1.82) is 0 Å². The summed E-state index contributed by atoms with van der Waals surface area (Å²) in [6.07, 6.45) is -0.359. The van der Waals surface area contributed by atoms with Crippen LogP contribution < -0.4 is 15.7 Å². The van der Waals surface area contributed by atoms with E-state index in [1.165, 1.54) is 20.3 Å². The highest BCUT2D eigenvalue weighted by Gasteiger charge is 2.30. The molecule has 5 aromatic rings. The third-order valence-electron chi connectivity index (χ3n) is 6.46. The number of rotatable bonds is 6. The lowest BCUT2D eigenvalue weighted by molar-refractivity contribution is -0.140. The van der Waals surface area contributed by atoms with Gasteiger partial charge in [0, 0.05) is 45.6 Å². The molecule has 9 heteroatoms. The van der Waals surface area contributed by atoms with E-state index in [0.717, 1.165) is 6.07 Å². The maximum absolute atomic E-state index is 13.3. The van der Waals surface area contributed by atoms with Crippen LogP contribution in [0.25, 0.3) is 33.2 Å². The average Bonchev–Trinajstić information content (AvgIpc) is 2.91. The largest absolute Gasteiger partial charge is 0.507 e. The van der Waals surface area contributed by atoms with Crippen molar-refractivity contribution in [1.82, 2.24) is 4.98 Å². The van der Waals surface area contributed by atoms with Gasteiger partial charge in [0.15, 0.2) is 5.43 Å². The van der Waals surface area contributed by atoms with Gasteiger partial charge in [-0.05, 0) is 24.3 Å². The Bertz CT molecular complexity index is 1800. The number of nitrogens with one attached hydrogen (secondary N) is 1. The second-order valence-corrected chi connectivity index (χ2v) is 8.71. The van der Waals surface area contributed by atoms with Gasteiger partial charge in [0.05, 0.1) is 20.6 Å². The third kappa shape index (κ3) is 4.34. The molecule has 0 bridgehead atoms. The summed E-state index contributed by atoms with van der Waals surface area (Å²) in [6, 6.07) is 17.7. The minimum absolute atomic E-state index is 0.00849. The Kier molecular flexibility index (Phi) is 6.34. The number of benzene rings is 3. The molecule has 0 spiro atoms. The van der Waals surface area contributed by atoms with Crippen LogP contribution in [-0.2, 0) is 9.53 Å². The molecular weight excluding hydrogens is 490 g/mol. The number of aromatic nitrogens is 1. The first-order valence-corrected chi connectivity index (χ1v) is 11.7. The summed E-state index contributed by atoms with van der Waals surface area (Å²) in [5.74, 6) is -1.98. The summed E-state index contributed by atoms with van der Waals surface area (Å²) >= 11 is 0. The number of phenols is 2. The Morgan fingerprint density at radius 1 is 0.974 bits per heavy atom. The topological polar surface area (TPSA) is 139 Å². The molecule has 2 heterocycles. The van der Waals surface area contributed by atoms with Gasteiger partial charge >= 0.3 is 5.97 Å². The molecule has 0 radical (unpaired) electrons. The molecule has 0 saturated carbocycles. The molecule has 0 unspecified atom stereocenters. The molecule has 38 heavy (non-hydrogen) atoms. The van der Waals surface area contributed by atoms with E-state index in [-0.39, 0.29) is 34.3 Å². The van der Waals surface area contributed by atoms with E-state index >= 15 is 0 Å². The van der Waals surface area contributed by atoms with Gasteiger partial charge in [-0.2, -0.15) is 0 Å². The van der Waals surface area contributed by atoms with Gasteiger partial charge < -0.3 is 29.1 Å². The van der Waals surface area contributed by atoms with Crippen LogP contribution in [0.15, 0.2) is 80.7 Å². The Labute approximate surface area is 215 Å². The molecule has 3 N–H and O–H groups in total. The van der Waals surface area contributed by atoms with Crippen molar-refractivity contribution in [2.75, 3.05) is 14.2 Å². The number of carbonyl (C=O) groups excluding carboxylic acids is 1. The predicted molar refractivity (Wildman–Crippen MR) is 141 cm³/mol. The molecule has 0 aliphatic rings. The molecule has 2 aromatic heterocycles. The average molecular weight is 514 g/mol. The van der Waals surface area contributed by atoms with Gasteiger partial charge in [-0.25, -0.2) is 0 Å². The number of carbonyl (C=O) groups is 1. The minimum Gasteiger partial charge on any atom is -0.507 e. The lowest BCUT2D eigenvalue weighted by Gasteiger charge is -2.20. The maximum atomic E-state index is 13.3. The van der Waals surface area contributed by atoms with E-state index < -0.39 is 34.4 Å². The number of H-pyrrole nitrogens is 1. The zero-order valence-corrected chi connectivity index (χ0v) is 20.5. The quantitative estimate of drug-likeness (QED) is 0.284. The van der Waals surface area contributed by atoms with E-state index in [0.29, 0.717) is 22.2 Å². The van der Waals surface area contributed by atoms with Crippen molar-refractivity contribution in [2.45, 2.75) is 12.3 Å². The van der Waals surface area contributed by atoms with E-state index in [1.807, 2.05) is 0 Å². The van der Waals surface area contributed by atoms with Crippen molar-refractivity contribution in [2.24, 2.45) is 0 Å². The summed E-state index contributed by atoms with van der Waals surface area (Å²) in [5, 5.41) is 22.0. The second kappa shape index (κ2) is 9.78. The number of fused-ring (bicyclic) bond motifs is 2. The number of hydrogen-bond donors (Lipinski definition) is 3. The fourth-order valence-corrected chi connectivity index (χ4v) is 4.61. The number of ether oxygens (including phenoxy) is 2. The van der Waals surface area contributed by atoms with Crippen molar-refractivity contribution >= 4 is 27.8 Å². The first-order chi connectivity index (χ1) is 18.3. The summed E-state index contributed by atoms with van der Waals surface area (Å²) in [7, 11) is 2.72. The Morgan fingerprint density at radius 3 is 2.45 bits per heavy atom. The number of methoxy groups -OCH3 is 2. The van der Waals surface area contributed by atoms with Crippen LogP contribution in [0.3, 0.4) is 0 Å². The Morgan fingerprint density at radius 2 is 1.74 bits per heavy atom. The fraction of sp³-hybridized carbons (Fsp3) is 0.138. The first-order valence-electron chi connectivity index (χ1n) is 11.7. The Hall–Kier alpha value is -5.05. The fourth-order valence-electron chi connectivity index (χ4n) is 4.61. The molecule has 0 saturated heterocycles. The number of aromatic amines is 1. The lowest BCUT2D eigenvalue weighted by atomic mass is 9.86. The van der Waals surface area contributed by atoms with Gasteiger partial charge in [0.2, 0.25) is 0 Å². The molecule has 1 atom stereocenters. The van der Waals surface area contributed by atoms with Gasteiger partial charge in [-0.15, -0.1) is 0 Å². The zero-order valence-electron chi connectivity index (χ0n) is 20.5. The van der Waals surface area contributed by atoms with Crippen LogP contribution in [0.1, 0.15) is 23.5 Å². The summed E-state index contributed by atoms with van der Waals surface area (Å²) < 4.78 is 16.3. The second-order valence-electron chi connectivity index (χ2n) is 8.71. The molecule has 0 aliphatic carbocycles. The predicted octanol–water partition coefficient (Wildman–Crippen LogP) is 4.42. The highest BCUT2D eigenvalue weighted by Crippen LogP contribution is 2.42. The van der Waals surface area contributed by atoms with Crippen LogP contribution in [0.4, 0.5) is 0 Å². The molecule has 5 rings (SSSR count). The van der Waals surface area contributed by atoms with E-state index in [2.05, 4.69) is 4.98 Å². The highest BCUT2D eigenvalue weighted by molar-refractivity contribution is 5.91. The molecule has 9 nitrogen and oxygen atoms in total. The monoisotopic (exact) mass is 513 g/mol. The number of esters is 1. The highest BCUT2D eigenvalue weighted by atomic mass is 16.5. The van der Waals surface area contributed by atoms with Crippen molar-refractivity contribution in [3.05, 3.63) is 98.4 Å². The van der Waals surface area contributed by atoms with Crippen molar-refractivity contribution < 1.29 is 28.9 Å².